The van der Waals surface area contributed by atoms with Gasteiger partial charge in [-0.25, -0.2) is 0 Å². The van der Waals surface area contributed by atoms with Crippen LogP contribution >= 0.6 is 0 Å². The fourth-order valence-corrected chi connectivity index (χ4v) is 1.97. The number of carboxylic acids is 1. The first-order valence-corrected chi connectivity index (χ1v) is 5.41. The third kappa shape index (κ3) is 2.02. The first kappa shape index (κ1) is 12.5. The number of nitrogens with one attached hydrogen (secondary N) is 1. The number of carbonyl (C=O) groups is 1. The van der Waals surface area contributed by atoms with Crippen molar-refractivity contribution < 1.29 is 9.90 Å². The molecule has 16 heavy (non-hydrogen) atoms. The lowest BCUT2D eigenvalue weighted by Crippen LogP contribution is -2.34. The van der Waals surface area contributed by atoms with Crippen molar-refractivity contribution in [2.24, 2.45) is 5.84 Å². The second kappa shape index (κ2) is 4.99. The van der Waals surface area contributed by atoms with E-state index in [0.717, 1.165) is 11.3 Å². The molecule has 1 rings (SSSR count). The van der Waals surface area contributed by atoms with Crippen LogP contribution in [-0.4, -0.2) is 11.1 Å². The van der Waals surface area contributed by atoms with Gasteiger partial charge in [-0.05, 0) is 30.5 Å². The van der Waals surface area contributed by atoms with Gasteiger partial charge in [0.25, 0.3) is 0 Å². The Balaban J connectivity index is 3.16. The van der Waals surface area contributed by atoms with Crippen molar-refractivity contribution in [1.82, 2.24) is 0 Å². The number of nitrogen functional groups attached to an aromatic ring is 1. The van der Waals surface area contributed by atoms with Crippen LogP contribution in [0.2, 0.25) is 0 Å². The lowest BCUT2D eigenvalue weighted by Gasteiger charge is -2.27. The molecule has 0 aliphatic heterocycles. The van der Waals surface area contributed by atoms with Gasteiger partial charge in [-0.3, -0.25) is 10.6 Å². The Bertz CT molecular complexity index is 356. The van der Waals surface area contributed by atoms with E-state index in [1.54, 1.807) is 12.1 Å². The van der Waals surface area contributed by atoms with Gasteiger partial charge in [0.15, 0.2) is 0 Å². The summed E-state index contributed by atoms with van der Waals surface area (Å²) in [5.74, 6) is 4.50. The van der Waals surface area contributed by atoms with Gasteiger partial charge in [-0.1, -0.05) is 26.0 Å². The third-order valence-electron chi connectivity index (χ3n) is 3.22. The minimum atomic E-state index is -0.785. The summed E-state index contributed by atoms with van der Waals surface area (Å²) in [4.78, 5) is 11.4. The Morgan fingerprint density at radius 1 is 1.31 bits per heavy atom. The maximum atomic E-state index is 11.4. The third-order valence-corrected chi connectivity index (χ3v) is 3.22. The van der Waals surface area contributed by atoms with E-state index in [2.05, 4.69) is 5.43 Å². The Labute approximate surface area is 95.4 Å². The smallest absolute Gasteiger partial charge is 0.314 e. The van der Waals surface area contributed by atoms with E-state index in [1.807, 2.05) is 26.0 Å². The summed E-state index contributed by atoms with van der Waals surface area (Å²) in [6, 6.07) is 7.21. The van der Waals surface area contributed by atoms with Gasteiger partial charge < -0.3 is 10.5 Å². The number of aliphatic carboxylic acids is 1. The molecule has 4 heteroatoms. The van der Waals surface area contributed by atoms with Crippen molar-refractivity contribution >= 4 is 11.7 Å². The Hall–Kier alpha value is -1.55. The molecule has 0 unspecified atom stereocenters. The lowest BCUT2D eigenvalue weighted by atomic mass is 9.76. The van der Waals surface area contributed by atoms with Crippen molar-refractivity contribution in [1.29, 1.82) is 0 Å². The van der Waals surface area contributed by atoms with E-state index in [0.29, 0.717) is 12.8 Å². The highest BCUT2D eigenvalue weighted by atomic mass is 16.4. The predicted molar refractivity (Wildman–Crippen MR) is 64.1 cm³/mol. The lowest BCUT2D eigenvalue weighted by molar-refractivity contribution is -0.144. The number of rotatable bonds is 5. The molecule has 0 spiro atoms. The fraction of sp³-hybridized carbons (Fsp3) is 0.417. The van der Waals surface area contributed by atoms with Crippen LogP contribution in [-0.2, 0) is 10.2 Å². The number of hydrogen-bond donors (Lipinski definition) is 3. The molecule has 0 saturated carbocycles. The molecule has 0 bridgehead atoms. The highest BCUT2D eigenvalue weighted by Crippen LogP contribution is 2.32. The van der Waals surface area contributed by atoms with Crippen LogP contribution in [0, 0.1) is 0 Å². The molecule has 0 atom stereocenters. The van der Waals surface area contributed by atoms with E-state index >= 15 is 0 Å². The van der Waals surface area contributed by atoms with Crippen molar-refractivity contribution in [2.45, 2.75) is 32.1 Å². The topological polar surface area (TPSA) is 75.3 Å². The standard InChI is InChI=1S/C12H18N2O2/c1-3-12(4-2,11(15)16)9-5-7-10(14-13)8-6-9/h5-8,14H,3-4,13H2,1-2H3,(H,15,16). The maximum absolute atomic E-state index is 11.4. The Kier molecular flexibility index (Phi) is 3.90. The summed E-state index contributed by atoms with van der Waals surface area (Å²) in [5, 5.41) is 9.36. The number of hydrazine groups is 1. The molecule has 0 aromatic heterocycles. The number of benzene rings is 1. The molecule has 0 aliphatic carbocycles. The van der Waals surface area contributed by atoms with Gasteiger partial charge >= 0.3 is 5.97 Å². The van der Waals surface area contributed by atoms with E-state index in [9.17, 15) is 9.90 Å². The summed E-state index contributed by atoms with van der Waals surface area (Å²) in [7, 11) is 0. The number of hydrogen-bond acceptors (Lipinski definition) is 3. The number of anilines is 1. The zero-order valence-electron chi connectivity index (χ0n) is 9.66. The van der Waals surface area contributed by atoms with Crippen LogP contribution in [0.3, 0.4) is 0 Å². The van der Waals surface area contributed by atoms with Gasteiger partial charge in [0.05, 0.1) is 5.41 Å². The van der Waals surface area contributed by atoms with E-state index < -0.39 is 11.4 Å². The molecule has 0 radical (unpaired) electrons. The summed E-state index contributed by atoms with van der Waals surface area (Å²) < 4.78 is 0. The van der Waals surface area contributed by atoms with Crippen molar-refractivity contribution in [3.63, 3.8) is 0 Å². The molecule has 4 nitrogen and oxygen atoms in total. The van der Waals surface area contributed by atoms with Crippen molar-refractivity contribution in [3.8, 4) is 0 Å². The van der Waals surface area contributed by atoms with Crippen LogP contribution in [0.15, 0.2) is 24.3 Å². The monoisotopic (exact) mass is 222 g/mol. The SMILES string of the molecule is CCC(CC)(C(=O)O)c1ccc(NN)cc1. The molecule has 0 amide bonds. The first-order valence-electron chi connectivity index (χ1n) is 5.41. The average molecular weight is 222 g/mol. The van der Waals surface area contributed by atoms with Crippen molar-refractivity contribution in [3.05, 3.63) is 29.8 Å². The summed E-state index contributed by atoms with van der Waals surface area (Å²) in [6.45, 7) is 3.79. The molecule has 0 aliphatic rings. The zero-order chi connectivity index (χ0) is 12.2. The average Bonchev–Trinajstić information content (AvgIpc) is 2.32. The highest BCUT2D eigenvalue weighted by Gasteiger charge is 2.36. The zero-order valence-corrected chi connectivity index (χ0v) is 9.66. The molecule has 1 aromatic carbocycles. The molecular weight excluding hydrogens is 204 g/mol. The van der Waals surface area contributed by atoms with Crippen molar-refractivity contribution in [2.75, 3.05) is 5.43 Å². The minimum Gasteiger partial charge on any atom is -0.481 e. The predicted octanol–water partition coefficient (Wildman–Crippen LogP) is 2.11. The largest absolute Gasteiger partial charge is 0.481 e. The molecule has 0 saturated heterocycles. The van der Waals surface area contributed by atoms with E-state index in [1.165, 1.54) is 0 Å². The van der Waals surface area contributed by atoms with Crippen LogP contribution in [0.25, 0.3) is 0 Å². The molecule has 4 N–H and O–H groups in total. The first-order chi connectivity index (χ1) is 7.60. The quantitative estimate of drug-likeness (QED) is 0.527. The van der Waals surface area contributed by atoms with Gasteiger partial charge in [-0.2, -0.15) is 0 Å². The number of nitrogens with two attached hydrogens (primary N) is 1. The summed E-state index contributed by atoms with van der Waals surface area (Å²) in [5.41, 5.74) is 3.34. The van der Waals surface area contributed by atoms with Crippen LogP contribution < -0.4 is 11.3 Å². The Morgan fingerprint density at radius 3 is 2.12 bits per heavy atom. The molecule has 88 valence electrons. The molecule has 0 heterocycles. The van der Waals surface area contributed by atoms with Crippen LogP contribution in [0.5, 0.6) is 0 Å². The summed E-state index contributed by atoms with van der Waals surface area (Å²) >= 11 is 0. The van der Waals surface area contributed by atoms with Crippen LogP contribution in [0.1, 0.15) is 32.3 Å². The van der Waals surface area contributed by atoms with Gasteiger partial charge in [0, 0.05) is 5.69 Å². The summed E-state index contributed by atoms with van der Waals surface area (Å²) in [6.07, 6.45) is 1.16. The fourth-order valence-electron chi connectivity index (χ4n) is 1.97. The van der Waals surface area contributed by atoms with E-state index in [-0.39, 0.29) is 0 Å². The van der Waals surface area contributed by atoms with Gasteiger partial charge in [0.1, 0.15) is 0 Å². The second-order valence-corrected chi connectivity index (χ2v) is 3.82. The van der Waals surface area contributed by atoms with Gasteiger partial charge in [0.2, 0.25) is 0 Å². The number of carboxylic acid groups (broad SMARTS) is 1. The molecular formula is C12H18N2O2. The normalized spacial score (nSPS) is 11.2. The van der Waals surface area contributed by atoms with Gasteiger partial charge in [-0.15, -0.1) is 0 Å². The molecule has 0 fully saturated rings. The Morgan fingerprint density at radius 2 is 1.81 bits per heavy atom. The second-order valence-electron chi connectivity index (χ2n) is 3.82. The minimum absolute atomic E-state index is 0.578. The molecule has 1 aromatic rings. The van der Waals surface area contributed by atoms with E-state index in [4.69, 9.17) is 5.84 Å². The van der Waals surface area contributed by atoms with Crippen LogP contribution in [0.4, 0.5) is 5.69 Å². The maximum Gasteiger partial charge on any atom is 0.314 e. The highest BCUT2D eigenvalue weighted by molar-refractivity contribution is 5.81.